The van der Waals surface area contributed by atoms with E-state index in [4.69, 9.17) is 14.2 Å². The van der Waals surface area contributed by atoms with Crippen LogP contribution in [0, 0.1) is 6.92 Å². The van der Waals surface area contributed by atoms with Gasteiger partial charge in [0.05, 0.1) is 12.6 Å². The number of rotatable bonds is 5. The van der Waals surface area contributed by atoms with Gasteiger partial charge >= 0.3 is 0 Å². The highest BCUT2D eigenvalue weighted by molar-refractivity contribution is 5.94. The lowest BCUT2D eigenvalue weighted by molar-refractivity contribution is 0.0939. The van der Waals surface area contributed by atoms with Crippen LogP contribution in [-0.2, 0) is 0 Å². The Kier molecular flexibility index (Phi) is 4.60. The van der Waals surface area contributed by atoms with E-state index in [9.17, 15) is 4.79 Å². The summed E-state index contributed by atoms with van der Waals surface area (Å²) in [5.74, 6) is 2.13. The second kappa shape index (κ2) is 6.83. The van der Waals surface area contributed by atoms with Gasteiger partial charge in [0.1, 0.15) is 5.75 Å². The van der Waals surface area contributed by atoms with Gasteiger partial charge in [-0.15, -0.1) is 0 Å². The molecule has 0 bridgehead atoms. The molecule has 3 rings (SSSR count). The highest BCUT2D eigenvalue weighted by atomic mass is 16.7. The molecule has 1 unspecified atom stereocenters. The average molecular weight is 327 g/mol. The summed E-state index contributed by atoms with van der Waals surface area (Å²) in [6.07, 6.45) is 0. The van der Waals surface area contributed by atoms with Crippen molar-refractivity contribution in [1.82, 2.24) is 5.32 Å². The Hall–Kier alpha value is -2.69. The number of carbonyl (C=O) groups is 1. The molecule has 0 fully saturated rings. The first-order valence-electron chi connectivity index (χ1n) is 8.02. The van der Waals surface area contributed by atoms with Gasteiger partial charge in [0.15, 0.2) is 11.5 Å². The fourth-order valence-electron chi connectivity index (χ4n) is 2.65. The Morgan fingerprint density at radius 3 is 2.75 bits per heavy atom. The zero-order valence-corrected chi connectivity index (χ0v) is 14.1. The number of hydrogen-bond acceptors (Lipinski definition) is 4. The topological polar surface area (TPSA) is 56.8 Å². The number of fused-ring (bicyclic) bond motifs is 1. The molecule has 0 radical (unpaired) electrons. The minimum Gasteiger partial charge on any atom is -0.494 e. The van der Waals surface area contributed by atoms with Crippen LogP contribution in [0.4, 0.5) is 0 Å². The van der Waals surface area contributed by atoms with Crippen molar-refractivity contribution in [2.24, 2.45) is 0 Å². The van der Waals surface area contributed by atoms with Gasteiger partial charge in [-0.3, -0.25) is 4.79 Å². The molecular formula is C19H21NO4. The summed E-state index contributed by atoms with van der Waals surface area (Å²) in [6.45, 7) is 6.66. The van der Waals surface area contributed by atoms with Gasteiger partial charge < -0.3 is 19.5 Å². The van der Waals surface area contributed by atoms with Crippen molar-refractivity contribution < 1.29 is 19.0 Å². The van der Waals surface area contributed by atoms with Crippen LogP contribution < -0.4 is 19.5 Å². The first-order valence-corrected chi connectivity index (χ1v) is 8.02. The summed E-state index contributed by atoms with van der Waals surface area (Å²) in [4.78, 5) is 12.5. The predicted molar refractivity (Wildman–Crippen MR) is 90.8 cm³/mol. The monoisotopic (exact) mass is 327 g/mol. The van der Waals surface area contributed by atoms with E-state index in [1.54, 1.807) is 6.07 Å². The first-order chi connectivity index (χ1) is 11.6. The third kappa shape index (κ3) is 3.30. The summed E-state index contributed by atoms with van der Waals surface area (Å²) in [5, 5.41) is 3.01. The minimum absolute atomic E-state index is 0.119. The Bertz CT molecular complexity index is 757. The maximum Gasteiger partial charge on any atom is 0.251 e. The van der Waals surface area contributed by atoms with Crippen molar-refractivity contribution in [2.75, 3.05) is 13.4 Å². The molecule has 1 N–H and O–H groups in total. The molecule has 1 atom stereocenters. The van der Waals surface area contributed by atoms with Gasteiger partial charge in [0.25, 0.3) is 5.91 Å². The van der Waals surface area contributed by atoms with E-state index >= 15 is 0 Å². The fraction of sp³-hybridized carbons (Fsp3) is 0.316. The van der Waals surface area contributed by atoms with E-state index in [0.717, 1.165) is 22.6 Å². The first kappa shape index (κ1) is 16.2. The maximum absolute atomic E-state index is 12.5. The van der Waals surface area contributed by atoms with Crippen molar-refractivity contribution >= 4 is 5.91 Å². The van der Waals surface area contributed by atoms with E-state index in [2.05, 4.69) is 5.32 Å². The predicted octanol–water partition coefficient (Wildman–Crippen LogP) is 3.61. The summed E-state index contributed by atoms with van der Waals surface area (Å²) >= 11 is 0. The number of hydrogen-bond donors (Lipinski definition) is 1. The Balaban J connectivity index is 1.71. The van der Waals surface area contributed by atoms with Crippen molar-refractivity contribution in [3.63, 3.8) is 0 Å². The SMILES string of the molecule is CCOc1ccc(C(=O)NC(C)c2ccc3c(c2)OCO3)cc1C. The largest absolute Gasteiger partial charge is 0.494 e. The molecule has 1 aliphatic heterocycles. The van der Waals surface area contributed by atoms with Crippen molar-refractivity contribution in [3.8, 4) is 17.2 Å². The van der Waals surface area contributed by atoms with Crippen LogP contribution in [0.1, 0.15) is 41.4 Å². The molecule has 0 spiro atoms. The number of aryl methyl sites for hydroxylation is 1. The highest BCUT2D eigenvalue weighted by Crippen LogP contribution is 2.34. The Morgan fingerprint density at radius 1 is 1.21 bits per heavy atom. The molecular weight excluding hydrogens is 306 g/mol. The molecule has 0 saturated heterocycles. The highest BCUT2D eigenvalue weighted by Gasteiger charge is 2.17. The van der Waals surface area contributed by atoms with Crippen molar-refractivity contribution in [2.45, 2.75) is 26.8 Å². The average Bonchev–Trinajstić information content (AvgIpc) is 3.04. The molecule has 5 heteroatoms. The maximum atomic E-state index is 12.5. The zero-order chi connectivity index (χ0) is 17.1. The summed E-state index contributed by atoms with van der Waals surface area (Å²) < 4.78 is 16.2. The number of carbonyl (C=O) groups excluding carboxylic acids is 1. The molecule has 2 aromatic rings. The zero-order valence-electron chi connectivity index (χ0n) is 14.1. The van der Waals surface area contributed by atoms with Crippen molar-refractivity contribution in [1.29, 1.82) is 0 Å². The normalized spacial score (nSPS) is 13.5. The van der Waals surface area contributed by atoms with Gasteiger partial charge in [0, 0.05) is 5.56 Å². The number of nitrogens with one attached hydrogen (secondary N) is 1. The molecule has 1 amide bonds. The summed E-state index contributed by atoms with van der Waals surface area (Å²) in [7, 11) is 0. The van der Waals surface area contributed by atoms with Gasteiger partial charge in [-0.1, -0.05) is 6.07 Å². The molecule has 5 nitrogen and oxygen atoms in total. The summed E-state index contributed by atoms with van der Waals surface area (Å²) in [5.41, 5.74) is 2.53. The van der Waals surface area contributed by atoms with Gasteiger partial charge in [-0.05, 0) is 62.2 Å². The minimum atomic E-state index is -0.140. The molecule has 24 heavy (non-hydrogen) atoms. The van der Waals surface area contributed by atoms with Crippen LogP contribution in [0.5, 0.6) is 17.2 Å². The lowest BCUT2D eigenvalue weighted by Gasteiger charge is -2.15. The van der Waals surface area contributed by atoms with Crippen LogP contribution >= 0.6 is 0 Å². The Labute approximate surface area is 141 Å². The molecule has 0 aliphatic carbocycles. The lowest BCUT2D eigenvalue weighted by Crippen LogP contribution is -2.26. The quantitative estimate of drug-likeness (QED) is 0.911. The van der Waals surface area contributed by atoms with E-state index in [1.165, 1.54) is 0 Å². The third-order valence-electron chi connectivity index (χ3n) is 3.98. The standard InChI is InChI=1S/C19H21NO4/c1-4-22-16-7-6-15(9-12(16)2)19(21)20-13(3)14-5-8-17-18(10-14)24-11-23-17/h5-10,13H,4,11H2,1-3H3,(H,20,21). The summed E-state index contributed by atoms with van der Waals surface area (Å²) in [6, 6.07) is 11.0. The molecule has 0 saturated carbocycles. The van der Waals surface area contributed by atoms with Crippen LogP contribution in [-0.4, -0.2) is 19.3 Å². The fourth-order valence-corrected chi connectivity index (χ4v) is 2.65. The molecule has 1 aliphatic rings. The van der Waals surface area contributed by atoms with E-state index in [1.807, 2.05) is 51.1 Å². The number of amides is 1. The second-order valence-electron chi connectivity index (χ2n) is 5.72. The molecule has 0 aromatic heterocycles. The molecule has 126 valence electrons. The third-order valence-corrected chi connectivity index (χ3v) is 3.98. The Morgan fingerprint density at radius 2 is 2.00 bits per heavy atom. The van der Waals surface area contributed by atoms with Crippen LogP contribution in [0.25, 0.3) is 0 Å². The van der Waals surface area contributed by atoms with E-state index in [-0.39, 0.29) is 18.7 Å². The number of ether oxygens (including phenoxy) is 3. The second-order valence-corrected chi connectivity index (χ2v) is 5.72. The van der Waals surface area contributed by atoms with Crippen LogP contribution in [0.3, 0.4) is 0 Å². The molecule has 1 heterocycles. The van der Waals surface area contributed by atoms with E-state index in [0.29, 0.717) is 17.9 Å². The molecule has 2 aromatic carbocycles. The van der Waals surface area contributed by atoms with Crippen LogP contribution in [0.2, 0.25) is 0 Å². The van der Waals surface area contributed by atoms with Gasteiger partial charge in [-0.2, -0.15) is 0 Å². The van der Waals surface area contributed by atoms with Gasteiger partial charge in [0.2, 0.25) is 6.79 Å². The number of benzene rings is 2. The smallest absolute Gasteiger partial charge is 0.251 e. The van der Waals surface area contributed by atoms with E-state index < -0.39 is 0 Å². The van der Waals surface area contributed by atoms with Gasteiger partial charge in [-0.25, -0.2) is 0 Å². The lowest BCUT2D eigenvalue weighted by atomic mass is 10.1. The van der Waals surface area contributed by atoms with Crippen LogP contribution in [0.15, 0.2) is 36.4 Å². The van der Waals surface area contributed by atoms with Crippen molar-refractivity contribution in [3.05, 3.63) is 53.1 Å².